The smallest absolute Gasteiger partial charge is 0.259 e. The second-order valence-corrected chi connectivity index (χ2v) is 5.38. The maximum Gasteiger partial charge on any atom is 0.259 e. The lowest BCUT2D eigenvalue weighted by Gasteiger charge is -2.09. The summed E-state index contributed by atoms with van der Waals surface area (Å²) >= 11 is 6.03. The minimum atomic E-state index is -0.220. The average molecular weight is 316 g/mol. The molecule has 4 nitrogen and oxygen atoms in total. The van der Waals surface area contributed by atoms with Crippen LogP contribution in [0, 0.1) is 13.8 Å². The molecule has 2 aromatic carbocycles. The van der Waals surface area contributed by atoms with Gasteiger partial charge in [0.1, 0.15) is 0 Å². The number of amides is 1. The Hall–Kier alpha value is -2.33. The van der Waals surface area contributed by atoms with E-state index in [1.807, 2.05) is 56.3 Å². The van der Waals surface area contributed by atoms with Crippen molar-refractivity contribution in [1.82, 2.24) is 5.43 Å². The van der Waals surface area contributed by atoms with E-state index in [1.54, 1.807) is 6.21 Å². The number of nitrogens with one attached hydrogen (secondary N) is 2. The molecule has 2 aromatic rings. The van der Waals surface area contributed by atoms with E-state index in [2.05, 4.69) is 15.8 Å². The molecule has 114 valence electrons. The lowest BCUT2D eigenvalue weighted by Crippen LogP contribution is -2.26. The largest absolute Gasteiger partial charge is 0.376 e. The zero-order valence-electron chi connectivity index (χ0n) is 12.6. The third kappa shape index (κ3) is 4.60. The summed E-state index contributed by atoms with van der Waals surface area (Å²) in [7, 11) is 0. The van der Waals surface area contributed by atoms with Crippen molar-refractivity contribution in [3.05, 3.63) is 64.2 Å². The second-order valence-electron chi connectivity index (χ2n) is 4.97. The highest BCUT2D eigenvalue weighted by Gasteiger charge is 2.04. The predicted octanol–water partition coefficient (Wildman–Crippen LogP) is 3.52. The molecule has 0 saturated carbocycles. The number of nitrogens with zero attached hydrogens (tertiary/aromatic N) is 1. The fourth-order valence-electron chi connectivity index (χ4n) is 1.85. The summed E-state index contributed by atoms with van der Waals surface area (Å²) in [5.74, 6) is -0.220. The molecular formula is C17H18ClN3O. The van der Waals surface area contributed by atoms with Crippen molar-refractivity contribution in [2.45, 2.75) is 13.8 Å². The van der Waals surface area contributed by atoms with Gasteiger partial charge in [-0.05, 0) is 37.1 Å². The van der Waals surface area contributed by atoms with Gasteiger partial charge in [-0.25, -0.2) is 5.43 Å². The molecule has 0 radical (unpaired) electrons. The zero-order chi connectivity index (χ0) is 15.9. The van der Waals surface area contributed by atoms with Crippen LogP contribution in [0.3, 0.4) is 0 Å². The lowest BCUT2D eigenvalue weighted by molar-refractivity contribution is -0.119. The van der Waals surface area contributed by atoms with E-state index in [9.17, 15) is 4.79 Å². The van der Waals surface area contributed by atoms with Gasteiger partial charge in [-0.1, -0.05) is 47.5 Å². The summed E-state index contributed by atoms with van der Waals surface area (Å²) in [6.07, 6.45) is 1.61. The summed E-state index contributed by atoms with van der Waals surface area (Å²) in [5, 5.41) is 7.64. The van der Waals surface area contributed by atoms with Gasteiger partial charge in [-0.15, -0.1) is 0 Å². The monoisotopic (exact) mass is 315 g/mol. The van der Waals surface area contributed by atoms with Gasteiger partial charge < -0.3 is 5.32 Å². The Balaban J connectivity index is 1.83. The highest BCUT2D eigenvalue weighted by Crippen LogP contribution is 2.22. The first-order chi connectivity index (χ1) is 10.6. The van der Waals surface area contributed by atoms with E-state index in [0.717, 1.165) is 16.8 Å². The Morgan fingerprint density at radius 2 is 1.91 bits per heavy atom. The number of hydrogen-bond donors (Lipinski definition) is 2. The quantitative estimate of drug-likeness (QED) is 0.655. The van der Waals surface area contributed by atoms with Gasteiger partial charge in [-0.3, -0.25) is 4.79 Å². The van der Waals surface area contributed by atoms with E-state index in [-0.39, 0.29) is 12.5 Å². The SMILES string of the molecule is Cc1ccc(/C=N/NC(=O)CNc2cccc(Cl)c2C)cc1. The van der Waals surface area contributed by atoms with Crippen LogP contribution in [-0.2, 0) is 4.79 Å². The molecule has 0 fully saturated rings. The van der Waals surface area contributed by atoms with Crippen LogP contribution in [0.1, 0.15) is 16.7 Å². The van der Waals surface area contributed by atoms with Crippen molar-refractivity contribution >= 4 is 29.4 Å². The second kappa shape index (κ2) is 7.61. The van der Waals surface area contributed by atoms with Crippen molar-refractivity contribution < 1.29 is 4.79 Å². The molecule has 22 heavy (non-hydrogen) atoms. The highest BCUT2D eigenvalue weighted by atomic mass is 35.5. The van der Waals surface area contributed by atoms with Crippen LogP contribution in [0.25, 0.3) is 0 Å². The van der Waals surface area contributed by atoms with Crippen LogP contribution < -0.4 is 10.7 Å². The molecule has 1 amide bonds. The van der Waals surface area contributed by atoms with E-state index in [0.29, 0.717) is 5.02 Å². The van der Waals surface area contributed by atoms with Crippen LogP contribution in [0.5, 0.6) is 0 Å². The first kappa shape index (κ1) is 16.0. The van der Waals surface area contributed by atoms with Gasteiger partial charge in [0.15, 0.2) is 0 Å². The molecule has 0 spiro atoms. The van der Waals surface area contributed by atoms with Crippen molar-refractivity contribution in [3.8, 4) is 0 Å². The van der Waals surface area contributed by atoms with Crippen LogP contribution >= 0.6 is 11.6 Å². The highest BCUT2D eigenvalue weighted by molar-refractivity contribution is 6.31. The van der Waals surface area contributed by atoms with Crippen molar-refractivity contribution in [2.75, 3.05) is 11.9 Å². The number of anilines is 1. The number of benzene rings is 2. The standard InChI is InChI=1S/C17H18ClN3O/c1-12-6-8-14(9-7-12)10-20-21-17(22)11-19-16-5-3-4-15(18)13(16)2/h3-10,19H,11H2,1-2H3,(H,21,22)/b20-10+. The molecule has 0 atom stereocenters. The number of rotatable bonds is 5. The van der Waals surface area contributed by atoms with Crippen molar-refractivity contribution in [2.24, 2.45) is 5.10 Å². The number of carbonyl (C=O) groups excluding carboxylic acids is 1. The molecule has 0 heterocycles. The summed E-state index contributed by atoms with van der Waals surface area (Å²) < 4.78 is 0. The number of hydrazone groups is 1. The van der Waals surface area contributed by atoms with Crippen LogP contribution in [0.2, 0.25) is 5.02 Å². The Morgan fingerprint density at radius 3 is 2.64 bits per heavy atom. The first-order valence-corrected chi connectivity index (χ1v) is 7.31. The summed E-state index contributed by atoms with van der Waals surface area (Å²) in [6, 6.07) is 13.4. The normalized spacial score (nSPS) is 10.7. The molecule has 0 aliphatic rings. The molecule has 2 rings (SSSR count). The molecule has 0 aliphatic heterocycles. The Labute approximate surface area is 135 Å². The maximum absolute atomic E-state index is 11.7. The van der Waals surface area contributed by atoms with Gasteiger partial charge in [0, 0.05) is 10.7 Å². The first-order valence-electron chi connectivity index (χ1n) is 6.94. The van der Waals surface area contributed by atoms with E-state index < -0.39 is 0 Å². The Kier molecular flexibility index (Phi) is 5.55. The summed E-state index contributed by atoms with van der Waals surface area (Å²) in [4.78, 5) is 11.7. The van der Waals surface area contributed by atoms with Gasteiger partial charge in [0.2, 0.25) is 0 Å². The third-order valence-electron chi connectivity index (χ3n) is 3.19. The number of carbonyl (C=O) groups is 1. The average Bonchev–Trinajstić information content (AvgIpc) is 2.51. The maximum atomic E-state index is 11.7. The summed E-state index contributed by atoms with van der Waals surface area (Å²) in [6.45, 7) is 4.05. The Bertz CT molecular complexity index is 681. The van der Waals surface area contributed by atoms with Crippen LogP contribution in [0.15, 0.2) is 47.6 Å². The number of halogens is 1. The fraction of sp³-hybridized carbons (Fsp3) is 0.176. The van der Waals surface area contributed by atoms with Gasteiger partial charge in [0.25, 0.3) is 5.91 Å². The predicted molar refractivity (Wildman–Crippen MR) is 91.6 cm³/mol. The number of hydrogen-bond acceptors (Lipinski definition) is 3. The molecule has 0 saturated heterocycles. The van der Waals surface area contributed by atoms with Crippen LogP contribution in [-0.4, -0.2) is 18.7 Å². The van der Waals surface area contributed by atoms with E-state index in [1.165, 1.54) is 5.56 Å². The van der Waals surface area contributed by atoms with E-state index in [4.69, 9.17) is 11.6 Å². The molecule has 0 bridgehead atoms. The van der Waals surface area contributed by atoms with Crippen molar-refractivity contribution in [3.63, 3.8) is 0 Å². The molecule has 5 heteroatoms. The van der Waals surface area contributed by atoms with Crippen molar-refractivity contribution in [1.29, 1.82) is 0 Å². The zero-order valence-corrected chi connectivity index (χ0v) is 13.3. The third-order valence-corrected chi connectivity index (χ3v) is 3.60. The minimum absolute atomic E-state index is 0.131. The Morgan fingerprint density at radius 1 is 1.18 bits per heavy atom. The molecule has 2 N–H and O–H groups in total. The topological polar surface area (TPSA) is 53.5 Å². The minimum Gasteiger partial charge on any atom is -0.376 e. The number of aryl methyl sites for hydroxylation is 1. The van der Waals surface area contributed by atoms with Gasteiger partial charge >= 0.3 is 0 Å². The molecule has 0 aromatic heterocycles. The molecular weight excluding hydrogens is 298 g/mol. The summed E-state index contributed by atoms with van der Waals surface area (Å²) in [5.41, 5.74) is 6.36. The lowest BCUT2D eigenvalue weighted by atomic mass is 10.2. The molecule has 0 aliphatic carbocycles. The van der Waals surface area contributed by atoms with Gasteiger partial charge in [0.05, 0.1) is 12.8 Å². The van der Waals surface area contributed by atoms with E-state index >= 15 is 0 Å². The van der Waals surface area contributed by atoms with Gasteiger partial charge in [-0.2, -0.15) is 5.10 Å². The molecule has 0 unspecified atom stereocenters. The van der Waals surface area contributed by atoms with Crippen LogP contribution in [0.4, 0.5) is 5.69 Å². The fourth-order valence-corrected chi connectivity index (χ4v) is 2.02.